The molecule has 232 valence electrons. The van der Waals surface area contributed by atoms with Crippen molar-refractivity contribution in [2.45, 2.75) is 76.2 Å². The van der Waals surface area contributed by atoms with Crippen LogP contribution in [-0.2, 0) is 30.3 Å². The number of nitrogens with two attached hydrogens (primary N) is 1. The van der Waals surface area contributed by atoms with E-state index in [1.54, 1.807) is 35.2 Å². The number of methoxy groups -OCH3 is 1. The predicted octanol–water partition coefficient (Wildman–Crippen LogP) is 4.42. The van der Waals surface area contributed by atoms with Gasteiger partial charge in [0.15, 0.2) is 0 Å². The van der Waals surface area contributed by atoms with Gasteiger partial charge in [0.25, 0.3) is 0 Å². The Hall–Kier alpha value is -3.63. The number of rotatable bonds is 10. The Kier molecular flexibility index (Phi) is 9.87. The number of anilines is 1. The van der Waals surface area contributed by atoms with Gasteiger partial charge in [0.2, 0.25) is 5.91 Å². The second-order valence-electron chi connectivity index (χ2n) is 12.1. The second-order valence-corrected chi connectivity index (χ2v) is 12.1. The fraction of sp³-hybridized carbons (Fsp3) is 0.545. The zero-order chi connectivity index (χ0) is 30.4. The SMILES string of the molecule is COC(=O)c1ccccc1C1CCN(C(=O)[C@@H](NC(=O)OCc2ccc(N)cc2)[C@@H](C)OCC23CCC(CC2)OC3)CC1. The van der Waals surface area contributed by atoms with Gasteiger partial charge in [-0.3, -0.25) is 4.79 Å². The molecular weight excluding hydrogens is 550 g/mol. The van der Waals surface area contributed by atoms with E-state index in [1.807, 2.05) is 25.1 Å². The van der Waals surface area contributed by atoms with E-state index in [0.29, 0.717) is 56.5 Å². The number of benzene rings is 2. The lowest BCUT2D eigenvalue weighted by Crippen LogP contribution is -2.56. The molecule has 6 rings (SSSR count). The molecule has 0 spiro atoms. The molecule has 3 N–H and O–H groups in total. The molecule has 0 aromatic heterocycles. The largest absolute Gasteiger partial charge is 0.465 e. The van der Waals surface area contributed by atoms with E-state index in [2.05, 4.69) is 5.32 Å². The quantitative estimate of drug-likeness (QED) is 0.306. The number of nitrogens with one attached hydrogen (secondary N) is 1. The molecule has 10 heteroatoms. The Morgan fingerprint density at radius 3 is 2.40 bits per heavy atom. The third kappa shape index (κ3) is 7.48. The van der Waals surface area contributed by atoms with Gasteiger partial charge in [0.1, 0.15) is 12.6 Å². The minimum absolute atomic E-state index is 0.0440. The molecular formula is C33H43N3O7. The summed E-state index contributed by atoms with van der Waals surface area (Å²) in [7, 11) is 1.38. The van der Waals surface area contributed by atoms with Gasteiger partial charge < -0.3 is 34.9 Å². The van der Waals surface area contributed by atoms with Crippen molar-refractivity contribution >= 4 is 23.7 Å². The second kappa shape index (κ2) is 13.8. The van der Waals surface area contributed by atoms with E-state index in [0.717, 1.165) is 36.8 Å². The van der Waals surface area contributed by atoms with E-state index in [-0.39, 0.29) is 29.8 Å². The van der Waals surface area contributed by atoms with E-state index in [9.17, 15) is 14.4 Å². The first-order chi connectivity index (χ1) is 20.8. The summed E-state index contributed by atoms with van der Waals surface area (Å²) in [5.41, 5.74) is 8.61. The third-order valence-corrected chi connectivity index (χ3v) is 9.24. The molecule has 0 unspecified atom stereocenters. The molecule has 3 heterocycles. The smallest absolute Gasteiger partial charge is 0.408 e. The van der Waals surface area contributed by atoms with Crippen molar-refractivity contribution < 1.29 is 33.3 Å². The summed E-state index contributed by atoms with van der Waals surface area (Å²) in [6.07, 6.45) is 4.61. The number of nitrogen functional groups attached to an aromatic ring is 1. The van der Waals surface area contributed by atoms with Crippen LogP contribution in [0.15, 0.2) is 48.5 Å². The van der Waals surface area contributed by atoms with Gasteiger partial charge in [-0.25, -0.2) is 9.59 Å². The average molecular weight is 594 g/mol. The number of ether oxygens (including phenoxy) is 4. The van der Waals surface area contributed by atoms with Crippen LogP contribution in [0.2, 0.25) is 0 Å². The Morgan fingerprint density at radius 2 is 1.74 bits per heavy atom. The number of carbonyl (C=O) groups excluding carboxylic acids is 3. The van der Waals surface area contributed by atoms with Crippen molar-refractivity contribution in [2.24, 2.45) is 5.41 Å². The number of likely N-dealkylation sites (tertiary alicyclic amines) is 1. The molecule has 4 aliphatic rings. The van der Waals surface area contributed by atoms with Gasteiger partial charge in [0.05, 0.1) is 38.1 Å². The first-order valence-electron chi connectivity index (χ1n) is 15.2. The lowest BCUT2D eigenvalue weighted by molar-refractivity contribution is -0.156. The highest BCUT2D eigenvalue weighted by Gasteiger charge is 2.43. The summed E-state index contributed by atoms with van der Waals surface area (Å²) in [4.78, 5) is 41.0. The molecule has 1 saturated carbocycles. The molecule has 3 saturated heterocycles. The normalized spacial score (nSPS) is 23.3. The highest BCUT2D eigenvalue weighted by Crippen LogP contribution is 2.43. The van der Waals surface area contributed by atoms with Gasteiger partial charge in [-0.2, -0.15) is 0 Å². The van der Waals surface area contributed by atoms with Gasteiger partial charge in [-0.1, -0.05) is 30.3 Å². The van der Waals surface area contributed by atoms with Gasteiger partial charge in [-0.15, -0.1) is 0 Å². The van der Waals surface area contributed by atoms with E-state index < -0.39 is 18.2 Å². The van der Waals surface area contributed by atoms with Crippen molar-refractivity contribution in [1.29, 1.82) is 0 Å². The number of hydrogen-bond donors (Lipinski definition) is 2. The molecule has 10 nitrogen and oxygen atoms in total. The standard InChI is InChI=1S/C33H43N3O7/c1-22(42-20-33-15-11-26(12-16-33)43-21-33)29(35-32(39)41-19-23-7-9-25(34)10-8-23)30(37)36-17-13-24(14-18-36)27-5-3-4-6-28(27)31(38)40-2/h3-10,22,24,26,29H,11-21,34H2,1-2H3,(H,35,39)/t22-,26?,29+,33?/m1/s1. The average Bonchev–Trinajstić information content (AvgIpc) is 3.06. The molecule has 1 aliphatic carbocycles. The van der Waals surface area contributed by atoms with Gasteiger partial charge in [-0.05, 0) is 80.7 Å². The van der Waals surface area contributed by atoms with Crippen molar-refractivity contribution in [3.63, 3.8) is 0 Å². The summed E-state index contributed by atoms with van der Waals surface area (Å²) in [5, 5.41) is 2.80. The summed E-state index contributed by atoms with van der Waals surface area (Å²) >= 11 is 0. The molecule has 2 atom stereocenters. The minimum Gasteiger partial charge on any atom is -0.465 e. The van der Waals surface area contributed by atoms with Crippen LogP contribution in [0, 0.1) is 5.41 Å². The first-order valence-corrected chi connectivity index (χ1v) is 15.2. The third-order valence-electron chi connectivity index (χ3n) is 9.24. The monoisotopic (exact) mass is 593 g/mol. The van der Waals surface area contributed by atoms with Crippen LogP contribution in [0.25, 0.3) is 0 Å². The van der Waals surface area contributed by atoms with Gasteiger partial charge in [0, 0.05) is 24.2 Å². The van der Waals surface area contributed by atoms with Crippen LogP contribution in [-0.4, -0.2) is 74.5 Å². The molecule has 43 heavy (non-hydrogen) atoms. The highest BCUT2D eigenvalue weighted by molar-refractivity contribution is 5.91. The van der Waals surface area contributed by atoms with Crippen molar-refractivity contribution in [1.82, 2.24) is 10.2 Å². The molecule has 4 fully saturated rings. The predicted molar refractivity (Wildman–Crippen MR) is 160 cm³/mol. The maximum absolute atomic E-state index is 13.9. The Labute approximate surface area is 253 Å². The summed E-state index contributed by atoms with van der Waals surface area (Å²) in [5.74, 6) is -0.458. The minimum atomic E-state index is -0.921. The van der Waals surface area contributed by atoms with Crippen LogP contribution in [0.5, 0.6) is 0 Å². The maximum Gasteiger partial charge on any atom is 0.408 e. The molecule has 2 aromatic rings. The number of alkyl carbamates (subject to hydrolysis) is 1. The van der Waals surface area contributed by atoms with Crippen LogP contribution in [0.3, 0.4) is 0 Å². The number of amides is 2. The Bertz CT molecular complexity index is 1250. The van der Waals surface area contributed by atoms with E-state index in [1.165, 1.54) is 7.11 Å². The van der Waals surface area contributed by atoms with Crippen molar-refractivity contribution in [3.8, 4) is 0 Å². The van der Waals surface area contributed by atoms with Crippen LogP contribution >= 0.6 is 0 Å². The fourth-order valence-corrected chi connectivity index (χ4v) is 6.47. The summed E-state index contributed by atoms with van der Waals surface area (Å²) in [6, 6.07) is 13.6. The number of carbonyl (C=O) groups is 3. The first kappa shape index (κ1) is 30.8. The zero-order valence-corrected chi connectivity index (χ0v) is 25.1. The van der Waals surface area contributed by atoms with Crippen LogP contribution in [0.1, 0.15) is 72.9 Å². The molecule has 2 aromatic carbocycles. The zero-order valence-electron chi connectivity index (χ0n) is 25.1. The van der Waals surface area contributed by atoms with E-state index in [4.69, 9.17) is 24.7 Å². The van der Waals surface area contributed by atoms with Gasteiger partial charge >= 0.3 is 12.1 Å². The number of piperidine rings is 1. The Balaban J connectivity index is 1.23. The molecule has 0 radical (unpaired) electrons. The highest BCUT2D eigenvalue weighted by atomic mass is 16.6. The number of hydrogen-bond acceptors (Lipinski definition) is 8. The number of esters is 1. The van der Waals surface area contributed by atoms with Crippen molar-refractivity contribution in [3.05, 3.63) is 65.2 Å². The lowest BCUT2D eigenvalue weighted by atomic mass is 9.72. The summed E-state index contributed by atoms with van der Waals surface area (Å²) in [6.45, 7) is 4.00. The van der Waals surface area contributed by atoms with Crippen LogP contribution in [0.4, 0.5) is 10.5 Å². The molecule has 3 aliphatic heterocycles. The van der Waals surface area contributed by atoms with Crippen LogP contribution < -0.4 is 11.1 Å². The maximum atomic E-state index is 13.9. The molecule has 2 bridgehead atoms. The topological polar surface area (TPSA) is 129 Å². The fourth-order valence-electron chi connectivity index (χ4n) is 6.47. The van der Waals surface area contributed by atoms with E-state index >= 15 is 0 Å². The lowest BCUT2D eigenvalue weighted by Gasteiger charge is -2.46. The van der Waals surface area contributed by atoms with Crippen molar-refractivity contribution in [2.75, 3.05) is 39.1 Å². The summed E-state index contributed by atoms with van der Waals surface area (Å²) < 4.78 is 22.7. The molecule has 2 amide bonds. The Morgan fingerprint density at radius 1 is 1.05 bits per heavy atom. The number of fused-ring (bicyclic) bond motifs is 3. The number of nitrogens with zero attached hydrogens (tertiary/aromatic N) is 1.